The van der Waals surface area contributed by atoms with Gasteiger partial charge < -0.3 is 14.4 Å². The standard InChI is InChI=1S/C20H25N3O4/c1-4-27-20(25)15-6-5-11-22(13-15)19(24)18-12-21-23(14(18)2)16-7-9-17(26-3)10-8-16/h7-10,12,15H,4-6,11,13H2,1-3H3. The average molecular weight is 371 g/mol. The third-order valence-corrected chi connectivity index (χ3v) is 4.89. The molecule has 1 aliphatic rings. The predicted octanol–water partition coefficient (Wildman–Crippen LogP) is 2.60. The molecule has 3 rings (SSSR count). The number of esters is 1. The Labute approximate surface area is 158 Å². The van der Waals surface area contributed by atoms with E-state index in [1.807, 2.05) is 31.2 Å². The Balaban J connectivity index is 1.77. The molecule has 2 aromatic rings. The molecule has 7 nitrogen and oxygen atoms in total. The van der Waals surface area contributed by atoms with Crippen molar-refractivity contribution in [3.05, 3.63) is 41.7 Å². The molecule has 0 bridgehead atoms. The van der Waals surface area contributed by atoms with Gasteiger partial charge in [0.05, 0.1) is 42.8 Å². The van der Waals surface area contributed by atoms with Crippen LogP contribution in [0.3, 0.4) is 0 Å². The van der Waals surface area contributed by atoms with Crippen LogP contribution >= 0.6 is 0 Å². The Bertz CT molecular complexity index is 813. The summed E-state index contributed by atoms with van der Waals surface area (Å²) in [4.78, 5) is 26.7. The van der Waals surface area contributed by atoms with E-state index < -0.39 is 0 Å². The van der Waals surface area contributed by atoms with Crippen LogP contribution in [0.15, 0.2) is 30.5 Å². The van der Waals surface area contributed by atoms with Crippen molar-refractivity contribution in [2.75, 3.05) is 26.8 Å². The van der Waals surface area contributed by atoms with Gasteiger partial charge in [0.15, 0.2) is 0 Å². The highest BCUT2D eigenvalue weighted by Gasteiger charge is 2.31. The van der Waals surface area contributed by atoms with Gasteiger partial charge in [-0.2, -0.15) is 5.10 Å². The molecule has 1 amide bonds. The molecule has 1 fully saturated rings. The van der Waals surface area contributed by atoms with Gasteiger partial charge in [-0.3, -0.25) is 9.59 Å². The van der Waals surface area contributed by atoms with E-state index in [0.29, 0.717) is 25.3 Å². The summed E-state index contributed by atoms with van der Waals surface area (Å²) in [6.45, 7) is 5.06. The van der Waals surface area contributed by atoms with E-state index in [4.69, 9.17) is 9.47 Å². The molecular formula is C20H25N3O4. The molecule has 144 valence electrons. The van der Waals surface area contributed by atoms with Crippen LogP contribution in [-0.2, 0) is 9.53 Å². The van der Waals surface area contributed by atoms with Crippen LogP contribution in [0.5, 0.6) is 5.75 Å². The van der Waals surface area contributed by atoms with E-state index in [-0.39, 0.29) is 17.8 Å². The number of nitrogens with zero attached hydrogens (tertiary/aromatic N) is 3. The second-order valence-electron chi connectivity index (χ2n) is 6.60. The maximum atomic E-state index is 13.0. The molecule has 1 aromatic heterocycles. The zero-order valence-corrected chi connectivity index (χ0v) is 16.0. The summed E-state index contributed by atoms with van der Waals surface area (Å²) < 4.78 is 12.0. The number of likely N-dealkylation sites (tertiary alicyclic amines) is 1. The first-order chi connectivity index (χ1) is 13.0. The molecule has 7 heteroatoms. The topological polar surface area (TPSA) is 73.7 Å². The van der Waals surface area contributed by atoms with Crippen LogP contribution in [0.1, 0.15) is 35.8 Å². The minimum absolute atomic E-state index is 0.0961. The Hall–Kier alpha value is -2.83. The molecule has 1 atom stereocenters. The van der Waals surface area contributed by atoms with Crippen molar-refractivity contribution >= 4 is 11.9 Å². The molecular weight excluding hydrogens is 346 g/mol. The Morgan fingerprint density at radius 2 is 2.00 bits per heavy atom. The van der Waals surface area contributed by atoms with Gasteiger partial charge >= 0.3 is 5.97 Å². The van der Waals surface area contributed by atoms with E-state index in [9.17, 15) is 9.59 Å². The number of hydrogen-bond acceptors (Lipinski definition) is 5. The van der Waals surface area contributed by atoms with Gasteiger partial charge in [-0.25, -0.2) is 4.68 Å². The first kappa shape index (κ1) is 18.9. The molecule has 1 aromatic carbocycles. The SMILES string of the molecule is CCOC(=O)C1CCCN(C(=O)c2cnn(-c3ccc(OC)cc3)c2C)C1. The maximum Gasteiger partial charge on any atom is 0.310 e. The third kappa shape index (κ3) is 3.97. The number of amides is 1. The number of ether oxygens (including phenoxy) is 2. The Kier molecular flexibility index (Phi) is 5.78. The number of benzene rings is 1. The normalized spacial score (nSPS) is 16.9. The smallest absolute Gasteiger partial charge is 0.310 e. The van der Waals surface area contributed by atoms with Gasteiger partial charge in [-0.1, -0.05) is 0 Å². The molecule has 1 aliphatic heterocycles. The summed E-state index contributed by atoms with van der Waals surface area (Å²) in [5.41, 5.74) is 2.18. The molecule has 0 aliphatic carbocycles. The second-order valence-corrected chi connectivity index (χ2v) is 6.60. The van der Waals surface area contributed by atoms with E-state index in [1.54, 1.807) is 29.8 Å². The van der Waals surface area contributed by atoms with Gasteiger partial charge in [0.25, 0.3) is 5.91 Å². The zero-order chi connectivity index (χ0) is 19.4. The fourth-order valence-corrected chi connectivity index (χ4v) is 3.39. The lowest BCUT2D eigenvalue weighted by molar-refractivity contribution is -0.149. The number of carbonyl (C=O) groups excluding carboxylic acids is 2. The summed E-state index contributed by atoms with van der Waals surface area (Å²) in [5.74, 6) is 0.194. The fourth-order valence-electron chi connectivity index (χ4n) is 3.39. The lowest BCUT2D eigenvalue weighted by atomic mass is 9.97. The quantitative estimate of drug-likeness (QED) is 0.756. The molecule has 0 saturated carbocycles. The molecule has 0 spiro atoms. The molecule has 2 heterocycles. The first-order valence-corrected chi connectivity index (χ1v) is 9.20. The van der Waals surface area contributed by atoms with Crippen LogP contribution in [0.25, 0.3) is 5.69 Å². The van der Waals surface area contributed by atoms with E-state index in [2.05, 4.69) is 5.10 Å². The fraction of sp³-hybridized carbons (Fsp3) is 0.450. The number of carbonyl (C=O) groups is 2. The Morgan fingerprint density at radius 3 is 2.67 bits per heavy atom. The van der Waals surface area contributed by atoms with Crippen molar-refractivity contribution in [2.45, 2.75) is 26.7 Å². The number of aromatic nitrogens is 2. The highest BCUT2D eigenvalue weighted by Crippen LogP contribution is 2.23. The lowest BCUT2D eigenvalue weighted by Crippen LogP contribution is -2.43. The minimum Gasteiger partial charge on any atom is -0.497 e. The highest BCUT2D eigenvalue weighted by atomic mass is 16.5. The van der Waals surface area contributed by atoms with Crippen molar-refractivity contribution in [1.82, 2.24) is 14.7 Å². The Morgan fingerprint density at radius 1 is 1.26 bits per heavy atom. The van der Waals surface area contributed by atoms with Crippen molar-refractivity contribution in [3.63, 3.8) is 0 Å². The molecule has 1 saturated heterocycles. The van der Waals surface area contributed by atoms with Crippen molar-refractivity contribution < 1.29 is 19.1 Å². The molecule has 0 N–H and O–H groups in total. The van der Waals surface area contributed by atoms with Crippen LogP contribution < -0.4 is 4.74 Å². The number of hydrogen-bond donors (Lipinski definition) is 0. The van der Waals surface area contributed by atoms with E-state index >= 15 is 0 Å². The minimum atomic E-state index is -0.250. The van der Waals surface area contributed by atoms with E-state index in [0.717, 1.165) is 30.0 Å². The van der Waals surface area contributed by atoms with Gasteiger partial charge in [0, 0.05) is 13.1 Å². The molecule has 0 radical (unpaired) electrons. The van der Waals surface area contributed by atoms with E-state index in [1.165, 1.54) is 0 Å². The number of piperidine rings is 1. The summed E-state index contributed by atoms with van der Waals surface area (Å²) >= 11 is 0. The first-order valence-electron chi connectivity index (χ1n) is 9.20. The summed E-state index contributed by atoms with van der Waals surface area (Å²) in [7, 11) is 1.62. The van der Waals surface area contributed by atoms with Crippen molar-refractivity contribution in [2.24, 2.45) is 5.92 Å². The van der Waals surface area contributed by atoms with Gasteiger partial charge in [0.1, 0.15) is 5.75 Å². The monoisotopic (exact) mass is 371 g/mol. The van der Waals surface area contributed by atoms with Crippen LogP contribution in [-0.4, -0.2) is 53.4 Å². The van der Waals surface area contributed by atoms with Crippen molar-refractivity contribution in [3.8, 4) is 11.4 Å². The maximum absolute atomic E-state index is 13.0. The van der Waals surface area contributed by atoms with Crippen LogP contribution in [0.2, 0.25) is 0 Å². The second kappa shape index (κ2) is 8.24. The molecule has 27 heavy (non-hydrogen) atoms. The van der Waals surface area contributed by atoms with Crippen LogP contribution in [0.4, 0.5) is 0 Å². The summed E-state index contributed by atoms with van der Waals surface area (Å²) in [5, 5.41) is 4.38. The van der Waals surface area contributed by atoms with Gasteiger partial charge in [-0.15, -0.1) is 0 Å². The van der Waals surface area contributed by atoms with Gasteiger partial charge in [0.2, 0.25) is 0 Å². The van der Waals surface area contributed by atoms with Crippen molar-refractivity contribution in [1.29, 1.82) is 0 Å². The highest BCUT2D eigenvalue weighted by molar-refractivity contribution is 5.95. The average Bonchev–Trinajstić information content (AvgIpc) is 3.09. The van der Waals surface area contributed by atoms with Crippen LogP contribution in [0, 0.1) is 12.8 Å². The number of rotatable bonds is 5. The predicted molar refractivity (Wildman–Crippen MR) is 100 cm³/mol. The summed E-state index contributed by atoms with van der Waals surface area (Å²) in [6, 6.07) is 7.49. The molecule has 1 unspecified atom stereocenters. The van der Waals surface area contributed by atoms with Gasteiger partial charge in [-0.05, 0) is 51.0 Å². The summed E-state index contributed by atoms with van der Waals surface area (Å²) in [6.07, 6.45) is 3.14. The third-order valence-electron chi connectivity index (χ3n) is 4.89. The number of methoxy groups -OCH3 is 1. The largest absolute Gasteiger partial charge is 0.497 e. The zero-order valence-electron chi connectivity index (χ0n) is 16.0. The lowest BCUT2D eigenvalue weighted by Gasteiger charge is -2.31.